The van der Waals surface area contributed by atoms with Crippen LogP contribution in [-0.2, 0) is 10.0 Å². The lowest BCUT2D eigenvalue weighted by atomic mass is 10.2. The van der Waals surface area contributed by atoms with E-state index in [1.165, 1.54) is 0 Å². The van der Waals surface area contributed by atoms with Crippen molar-refractivity contribution in [2.75, 3.05) is 0 Å². The van der Waals surface area contributed by atoms with E-state index in [-0.39, 0.29) is 11.6 Å². The summed E-state index contributed by atoms with van der Waals surface area (Å²) < 4.78 is 27.4. The maximum atomic E-state index is 11.2. The van der Waals surface area contributed by atoms with Crippen LogP contribution < -0.4 is 5.14 Å². The molecule has 6 nitrogen and oxygen atoms in total. The first-order chi connectivity index (χ1) is 8.41. The second-order valence-corrected chi connectivity index (χ2v) is 5.22. The molecule has 0 aliphatic rings. The van der Waals surface area contributed by atoms with Crippen molar-refractivity contribution < 1.29 is 12.8 Å². The molecule has 0 radical (unpaired) electrons. The number of nitrogens with zero attached hydrogens (tertiary/aromatic N) is 2. The summed E-state index contributed by atoms with van der Waals surface area (Å²) >= 11 is 5.72. The minimum Gasteiger partial charge on any atom is -0.422 e. The largest absolute Gasteiger partial charge is 0.422 e. The van der Waals surface area contributed by atoms with Crippen LogP contribution in [0.3, 0.4) is 0 Å². The van der Waals surface area contributed by atoms with Crippen LogP contribution in [0, 0.1) is 11.3 Å². The molecule has 0 saturated heterocycles. The lowest BCUT2D eigenvalue weighted by molar-refractivity contribution is 0.458. The summed E-state index contributed by atoms with van der Waals surface area (Å²) in [5, 5.41) is 13.6. The molecule has 0 aliphatic heterocycles. The Hall–Kier alpha value is -1.88. The zero-order valence-electron chi connectivity index (χ0n) is 8.79. The second-order valence-electron chi connectivity index (χ2n) is 3.32. The third-order valence-corrected chi connectivity index (χ3v) is 3.10. The Morgan fingerprint density at radius 1 is 1.33 bits per heavy atom. The topological polar surface area (TPSA) is 110 Å². The minimum absolute atomic E-state index is 0.00718. The molecule has 1 aromatic heterocycles. The molecule has 1 heterocycles. The maximum Gasteiger partial charge on any atom is 0.274 e. The average Bonchev–Trinajstić information content (AvgIpc) is 2.73. The molecule has 18 heavy (non-hydrogen) atoms. The summed E-state index contributed by atoms with van der Waals surface area (Å²) in [5.41, 5.74) is 0.119. The fourth-order valence-electron chi connectivity index (χ4n) is 1.29. The molecule has 92 valence electrons. The van der Waals surface area contributed by atoms with E-state index in [1.54, 1.807) is 30.3 Å². The Morgan fingerprint density at radius 3 is 2.39 bits per heavy atom. The van der Waals surface area contributed by atoms with Gasteiger partial charge < -0.3 is 4.42 Å². The van der Waals surface area contributed by atoms with Gasteiger partial charge in [0.05, 0.1) is 0 Å². The maximum absolute atomic E-state index is 11.2. The van der Waals surface area contributed by atoms with E-state index in [2.05, 4.69) is 4.98 Å². The van der Waals surface area contributed by atoms with Crippen LogP contribution in [-0.4, -0.2) is 13.4 Å². The summed E-state index contributed by atoms with van der Waals surface area (Å²) in [5.74, 6) is -0.00718. The number of halogens is 1. The Morgan fingerprint density at radius 2 is 1.94 bits per heavy atom. The van der Waals surface area contributed by atoms with Gasteiger partial charge in [-0.1, -0.05) is 11.6 Å². The predicted molar refractivity (Wildman–Crippen MR) is 63.0 cm³/mol. The van der Waals surface area contributed by atoms with E-state index in [9.17, 15) is 8.42 Å². The van der Waals surface area contributed by atoms with Gasteiger partial charge in [0, 0.05) is 10.6 Å². The van der Waals surface area contributed by atoms with Crippen LogP contribution in [0.1, 0.15) is 5.69 Å². The summed E-state index contributed by atoms with van der Waals surface area (Å²) in [6.07, 6.45) is 0. The lowest BCUT2D eigenvalue weighted by Gasteiger charge is -1.94. The molecule has 2 rings (SSSR count). The monoisotopic (exact) mass is 283 g/mol. The summed E-state index contributed by atoms with van der Waals surface area (Å²) in [4.78, 5) is 3.77. The third kappa shape index (κ3) is 2.36. The molecule has 8 heteroatoms. The number of primary sulfonamides is 1. The second kappa shape index (κ2) is 4.42. The molecule has 0 spiro atoms. The minimum atomic E-state index is -4.12. The van der Waals surface area contributed by atoms with Crippen molar-refractivity contribution in [1.29, 1.82) is 5.26 Å². The van der Waals surface area contributed by atoms with Crippen LogP contribution in [0.4, 0.5) is 0 Å². The highest BCUT2D eigenvalue weighted by atomic mass is 35.5. The number of sulfonamides is 1. The predicted octanol–water partition coefficient (Wildman–Crippen LogP) is 1.51. The SMILES string of the molecule is N#Cc1nc(-c2ccc(Cl)cc2)oc1S(N)(=O)=O. The first-order valence-electron chi connectivity index (χ1n) is 4.61. The van der Waals surface area contributed by atoms with E-state index in [0.29, 0.717) is 10.6 Å². The number of nitrogens with two attached hydrogens (primary N) is 1. The summed E-state index contributed by atoms with van der Waals surface area (Å²) in [6, 6.07) is 7.96. The molecule has 2 N–H and O–H groups in total. The Balaban J connectivity index is 2.59. The van der Waals surface area contributed by atoms with Crippen molar-refractivity contribution in [3.8, 4) is 17.5 Å². The van der Waals surface area contributed by atoms with E-state index < -0.39 is 15.1 Å². The van der Waals surface area contributed by atoms with Gasteiger partial charge in [-0.25, -0.2) is 13.6 Å². The molecule has 0 aliphatic carbocycles. The van der Waals surface area contributed by atoms with E-state index in [4.69, 9.17) is 26.4 Å². The molecule has 0 fully saturated rings. The third-order valence-electron chi connectivity index (χ3n) is 2.05. The number of oxazole rings is 1. The standard InChI is InChI=1S/C10H6ClN3O3S/c11-7-3-1-6(2-4-7)9-14-8(5-12)10(17-9)18(13,15)16/h1-4H,(H2,13,15,16). The van der Waals surface area contributed by atoms with Crippen molar-refractivity contribution in [1.82, 2.24) is 4.98 Å². The van der Waals surface area contributed by atoms with Gasteiger partial charge in [0.25, 0.3) is 15.1 Å². The highest BCUT2D eigenvalue weighted by Gasteiger charge is 2.23. The Bertz CT molecular complexity index is 729. The number of nitriles is 1. The summed E-state index contributed by atoms with van der Waals surface area (Å²) in [7, 11) is -4.12. The fourth-order valence-corrected chi connectivity index (χ4v) is 1.97. The molecule has 0 bridgehead atoms. The first-order valence-corrected chi connectivity index (χ1v) is 6.54. The normalized spacial score (nSPS) is 11.2. The number of benzene rings is 1. The van der Waals surface area contributed by atoms with Crippen molar-refractivity contribution in [3.05, 3.63) is 35.0 Å². The number of hydrogen-bond donors (Lipinski definition) is 1. The van der Waals surface area contributed by atoms with Gasteiger partial charge >= 0.3 is 0 Å². The van der Waals surface area contributed by atoms with Crippen LogP contribution in [0.25, 0.3) is 11.5 Å². The highest BCUT2D eigenvalue weighted by molar-refractivity contribution is 7.89. The lowest BCUT2D eigenvalue weighted by Crippen LogP contribution is -2.12. The molecule has 0 unspecified atom stereocenters. The smallest absolute Gasteiger partial charge is 0.274 e. The van der Waals surface area contributed by atoms with Crippen molar-refractivity contribution in [3.63, 3.8) is 0 Å². The van der Waals surface area contributed by atoms with Crippen molar-refractivity contribution in [2.45, 2.75) is 5.09 Å². The van der Waals surface area contributed by atoms with Crippen molar-refractivity contribution >= 4 is 21.6 Å². The van der Waals surface area contributed by atoms with Crippen LogP contribution in [0.2, 0.25) is 5.02 Å². The molecular formula is C10H6ClN3O3S. The number of aromatic nitrogens is 1. The summed E-state index contributed by atoms with van der Waals surface area (Å²) in [6.45, 7) is 0. The van der Waals surface area contributed by atoms with Crippen LogP contribution in [0.5, 0.6) is 0 Å². The Kier molecular flexibility index (Phi) is 3.09. The Labute approximate surface area is 108 Å². The van der Waals surface area contributed by atoms with Gasteiger partial charge in [0.1, 0.15) is 6.07 Å². The van der Waals surface area contributed by atoms with Crippen LogP contribution in [0.15, 0.2) is 33.8 Å². The van der Waals surface area contributed by atoms with Gasteiger partial charge in [0.15, 0.2) is 5.69 Å². The zero-order valence-corrected chi connectivity index (χ0v) is 10.4. The number of hydrogen-bond acceptors (Lipinski definition) is 5. The van der Waals surface area contributed by atoms with Gasteiger partial charge in [-0.3, -0.25) is 0 Å². The van der Waals surface area contributed by atoms with Gasteiger partial charge in [0.2, 0.25) is 5.89 Å². The average molecular weight is 284 g/mol. The molecule has 0 saturated carbocycles. The quantitative estimate of drug-likeness (QED) is 0.898. The van der Waals surface area contributed by atoms with E-state index in [1.807, 2.05) is 0 Å². The highest BCUT2D eigenvalue weighted by Crippen LogP contribution is 2.25. The van der Waals surface area contributed by atoms with Gasteiger partial charge in [-0.2, -0.15) is 10.2 Å². The zero-order chi connectivity index (χ0) is 13.3. The fraction of sp³-hybridized carbons (Fsp3) is 0. The van der Waals surface area contributed by atoms with Gasteiger partial charge in [-0.15, -0.1) is 0 Å². The van der Waals surface area contributed by atoms with E-state index >= 15 is 0 Å². The molecule has 0 amide bonds. The molecule has 0 atom stereocenters. The molecular weight excluding hydrogens is 278 g/mol. The van der Waals surface area contributed by atoms with E-state index in [0.717, 1.165) is 0 Å². The van der Waals surface area contributed by atoms with Crippen LogP contribution >= 0.6 is 11.6 Å². The first kappa shape index (κ1) is 12.6. The molecule has 1 aromatic carbocycles. The van der Waals surface area contributed by atoms with Gasteiger partial charge in [-0.05, 0) is 24.3 Å². The van der Waals surface area contributed by atoms with Crippen molar-refractivity contribution in [2.24, 2.45) is 5.14 Å². The molecule has 2 aromatic rings. The number of rotatable bonds is 2.